The predicted molar refractivity (Wildman–Crippen MR) is 93.5 cm³/mol. The van der Waals surface area contributed by atoms with Crippen molar-refractivity contribution >= 4 is 17.5 Å². The van der Waals surface area contributed by atoms with Gasteiger partial charge in [0.2, 0.25) is 17.6 Å². The number of carbonyl (C=O) groups excluding carboxylic acids is 2. The number of nitrogens with zero attached hydrogens (tertiary/aromatic N) is 1. The van der Waals surface area contributed by atoms with Crippen LogP contribution in [0, 0.1) is 0 Å². The summed E-state index contributed by atoms with van der Waals surface area (Å²) in [6.45, 7) is 2.65. The maximum Gasteiger partial charge on any atom is 0.226 e. The third-order valence-electron chi connectivity index (χ3n) is 3.57. The molecule has 0 radical (unpaired) electrons. The molecule has 0 aliphatic rings. The van der Waals surface area contributed by atoms with Crippen LogP contribution in [0.2, 0.25) is 0 Å². The molecule has 1 rings (SSSR count). The second-order valence-electron chi connectivity index (χ2n) is 5.21. The van der Waals surface area contributed by atoms with Gasteiger partial charge in [-0.15, -0.1) is 0 Å². The lowest BCUT2D eigenvalue weighted by Gasteiger charge is -2.20. The highest BCUT2D eigenvalue weighted by Gasteiger charge is 2.15. The standard InChI is InChI=1S/C17H26N2O6/c1-12(20)19(8-9-22-2)7-6-16(21)18-13-10-14(23-3)17(25-5)15(11-13)24-4/h10-11H,6-9H2,1-5H3,(H,18,21). The van der Waals surface area contributed by atoms with Crippen molar-refractivity contribution in [3.8, 4) is 17.2 Å². The number of nitrogens with one attached hydrogen (secondary N) is 1. The van der Waals surface area contributed by atoms with Crippen LogP contribution in [-0.4, -0.2) is 64.8 Å². The normalized spacial score (nSPS) is 10.1. The Hall–Kier alpha value is -2.48. The van der Waals surface area contributed by atoms with Gasteiger partial charge in [0.15, 0.2) is 11.5 Å². The summed E-state index contributed by atoms with van der Waals surface area (Å²) in [5.41, 5.74) is 0.519. The fraction of sp³-hybridized carbons (Fsp3) is 0.529. The molecular weight excluding hydrogens is 328 g/mol. The monoisotopic (exact) mass is 354 g/mol. The Morgan fingerprint density at radius 1 is 1.00 bits per heavy atom. The van der Waals surface area contributed by atoms with E-state index < -0.39 is 0 Å². The van der Waals surface area contributed by atoms with Crippen LogP contribution in [0.4, 0.5) is 5.69 Å². The van der Waals surface area contributed by atoms with Gasteiger partial charge >= 0.3 is 0 Å². The molecule has 0 aromatic heterocycles. The van der Waals surface area contributed by atoms with E-state index in [1.807, 2.05) is 0 Å². The van der Waals surface area contributed by atoms with Crippen molar-refractivity contribution in [3.63, 3.8) is 0 Å². The number of rotatable bonds is 10. The molecule has 0 aliphatic carbocycles. The van der Waals surface area contributed by atoms with Crippen molar-refractivity contribution in [2.75, 3.05) is 53.5 Å². The molecule has 0 saturated heterocycles. The maximum absolute atomic E-state index is 12.2. The molecule has 8 heteroatoms. The molecule has 2 amide bonds. The third-order valence-corrected chi connectivity index (χ3v) is 3.57. The second kappa shape index (κ2) is 10.4. The van der Waals surface area contributed by atoms with Crippen LogP contribution in [0.25, 0.3) is 0 Å². The van der Waals surface area contributed by atoms with E-state index in [0.29, 0.717) is 42.6 Å². The van der Waals surface area contributed by atoms with Gasteiger partial charge in [0.1, 0.15) is 0 Å². The quantitative estimate of drug-likeness (QED) is 0.686. The molecule has 1 N–H and O–H groups in total. The van der Waals surface area contributed by atoms with E-state index in [1.165, 1.54) is 28.3 Å². The number of carbonyl (C=O) groups is 2. The molecule has 0 bridgehead atoms. The SMILES string of the molecule is COCCN(CCC(=O)Nc1cc(OC)c(OC)c(OC)c1)C(C)=O. The number of methoxy groups -OCH3 is 4. The zero-order valence-corrected chi connectivity index (χ0v) is 15.4. The van der Waals surface area contributed by atoms with Crippen LogP contribution in [-0.2, 0) is 14.3 Å². The van der Waals surface area contributed by atoms with Crippen LogP contribution in [0.3, 0.4) is 0 Å². The first-order chi connectivity index (χ1) is 12.0. The van der Waals surface area contributed by atoms with E-state index >= 15 is 0 Å². The molecule has 0 saturated carbocycles. The number of hydrogen-bond donors (Lipinski definition) is 1. The van der Waals surface area contributed by atoms with Gasteiger partial charge in [-0.1, -0.05) is 0 Å². The smallest absolute Gasteiger partial charge is 0.226 e. The summed E-state index contributed by atoms with van der Waals surface area (Å²) in [5.74, 6) is 1.02. The largest absolute Gasteiger partial charge is 0.493 e. The molecule has 0 aliphatic heterocycles. The average molecular weight is 354 g/mol. The Balaban J connectivity index is 2.74. The van der Waals surface area contributed by atoms with Crippen molar-refractivity contribution < 1.29 is 28.5 Å². The molecule has 1 aromatic carbocycles. The summed E-state index contributed by atoms with van der Waals surface area (Å²) in [5, 5.41) is 2.77. The van der Waals surface area contributed by atoms with Crippen LogP contribution in [0.15, 0.2) is 12.1 Å². The van der Waals surface area contributed by atoms with Gasteiger partial charge in [-0.2, -0.15) is 0 Å². The molecule has 0 atom stereocenters. The summed E-state index contributed by atoms with van der Waals surface area (Å²) in [6, 6.07) is 3.29. The summed E-state index contributed by atoms with van der Waals surface area (Å²) in [6.07, 6.45) is 0.167. The first-order valence-corrected chi connectivity index (χ1v) is 7.81. The summed E-state index contributed by atoms with van der Waals surface area (Å²) >= 11 is 0. The number of amides is 2. The zero-order valence-electron chi connectivity index (χ0n) is 15.4. The second-order valence-corrected chi connectivity index (χ2v) is 5.21. The topological polar surface area (TPSA) is 86.3 Å². The minimum atomic E-state index is -0.224. The van der Waals surface area contributed by atoms with E-state index in [4.69, 9.17) is 18.9 Å². The number of ether oxygens (including phenoxy) is 4. The van der Waals surface area contributed by atoms with Crippen LogP contribution in [0.1, 0.15) is 13.3 Å². The van der Waals surface area contributed by atoms with Gasteiger partial charge in [0.05, 0.1) is 27.9 Å². The Labute approximate surface area is 148 Å². The molecule has 0 spiro atoms. The molecule has 0 heterocycles. The van der Waals surface area contributed by atoms with Crippen molar-refractivity contribution in [2.45, 2.75) is 13.3 Å². The minimum Gasteiger partial charge on any atom is -0.493 e. The number of hydrogen-bond acceptors (Lipinski definition) is 6. The number of benzene rings is 1. The predicted octanol–water partition coefficient (Wildman–Crippen LogP) is 1.54. The van der Waals surface area contributed by atoms with Gasteiger partial charge in [0, 0.05) is 51.4 Å². The molecule has 0 fully saturated rings. The summed E-state index contributed by atoms with van der Waals surface area (Å²) in [7, 11) is 6.08. The lowest BCUT2D eigenvalue weighted by molar-refractivity contribution is -0.130. The highest BCUT2D eigenvalue weighted by atomic mass is 16.5. The van der Waals surface area contributed by atoms with Crippen LogP contribution >= 0.6 is 0 Å². The van der Waals surface area contributed by atoms with Crippen molar-refractivity contribution in [1.29, 1.82) is 0 Å². The van der Waals surface area contributed by atoms with Gasteiger partial charge in [0.25, 0.3) is 0 Å². The van der Waals surface area contributed by atoms with Crippen molar-refractivity contribution in [1.82, 2.24) is 4.90 Å². The van der Waals surface area contributed by atoms with Crippen LogP contribution in [0.5, 0.6) is 17.2 Å². The van der Waals surface area contributed by atoms with Gasteiger partial charge in [-0.05, 0) is 0 Å². The molecular formula is C17H26N2O6. The van der Waals surface area contributed by atoms with Crippen molar-refractivity contribution in [2.24, 2.45) is 0 Å². The molecule has 1 aromatic rings. The molecule has 0 unspecified atom stereocenters. The maximum atomic E-state index is 12.2. The van der Waals surface area contributed by atoms with Crippen LogP contribution < -0.4 is 19.5 Å². The Bertz CT molecular complexity index is 565. The van der Waals surface area contributed by atoms with Crippen molar-refractivity contribution in [3.05, 3.63) is 12.1 Å². The Morgan fingerprint density at radius 2 is 1.60 bits per heavy atom. The van der Waals surface area contributed by atoms with Gasteiger partial charge in [-0.25, -0.2) is 0 Å². The first-order valence-electron chi connectivity index (χ1n) is 7.81. The number of anilines is 1. The van der Waals surface area contributed by atoms with Gasteiger partial charge in [-0.3, -0.25) is 9.59 Å². The van der Waals surface area contributed by atoms with E-state index in [9.17, 15) is 9.59 Å². The average Bonchev–Trinajstić information content (AvgIpc) is 2.60. The minimum absolute atomic E-state index is 0.0994. The fourth-order valence-electron chi connectivity index (χ4n) is 2.24. The van der Waals surface area contributed by atoms with E-state index in [0.717, 1.165) is 0 Å². The first kappa shape index (κ1) is 20.6. The highest BCUT2D eigenvalue weighted by Crippen LogP contribution is 2.39. The van der Waals surface area contributed by atoms with E-state index in [-0.39, 0.29) is 18.2 Å². The summed E-state index contributed by atoms with van der Waals surface area (Å²) in [4.78, 5) is 25.3. The Kier molecular flexibility index (Phi) is 8.55. The third kappa shape index (κ3) is 6.15. The highest BCUT2D eigenvalue weighted by molar-refractivity contribution is 5.92. The fourth-order valence-corrected chi connectivity index (χ4v) is 2.24. The summed E-state index contributed by atoms with van der Waals surface area (Å²) < 4.78 is 20.7. The van der Waals surface area contributed by atoms with E-state index in [1.54, 1.807) is 24.1 Å². The lowest BCUT2D eigenvalue weighted by Crippen LogP contribution is -2.34. The zero-order chi connectivity index (χ0) is 18.8. The molecule has 25 heavy (non-hydrogen) atoms. The Morgan fingerprint density at radius 3 is 2.04 bits per heavy atom. The molecule has 8 nitrogen and oxygen atoms in total. The molecule has 140 valence electrons. The lowest BCUT2D eigenvalue weighted by atomic mass is 10.2. The van der Waals surface area contributed by atoms with E-state index in [2.05, 4.69) is 5.32 Å². The van der Waals surface area contributed by atoms with Gasteiger partial charge < -0.3 is 29.2 Å².